The molecule has 27 heavy (non-hydrogen) atoms. The normalized spacial score (nSPS) is 18.1. The lowest BCUT2D eigenvalue weighted by Gasteiger charge is -2.26. The number of sulfone groups is 1. The molecule has 0 bridgehead atoms. The highest BCUT2D eigenvalue weighted by atomic mass is 32.2. The Morgan fingerprint density at radius 3 is 2.30 bits per heavy atom. The van der Waals surface area contributed by atoms with Crippen LogP contribution < -0.4 is 10.2 Å². The van der Waals surface area contributed by atoms with Crippen LogP contribution in [0.2, 0.25) is 0 Å². The molecule has 1 atom stereocenters. The number of rotatable bonds is 6. The van der Waals surface area contributed by atoms with Gasteiger partial charge in [-0.25, -0.2) is 8.42 Å². The summed E-state index contributed by atoms with van der Waals surface area (Å²) in [5, 5.41) is 2.67. The first kappa shape index (κ1) is 21.2. The molecule has 1 aliphatic heterocycles. The third-order valence-electron chi connectivity index (χ3n) is 5.03. The number of likely N-dealkylation sites (N-methyl/N-ethyl adjacent to an activating group) is 1. The van der Waals surface area contributed by atoms with Crippen molar-refractivity contribution in [3.63, 3.8) is 0 Å². The maximum atomic E-state index is 12.6. The van der Waals surface area contributed by atoms with Crippen molar-refractivity contribution in [3.05, 3.63) is 23.8 Å². The van der Waals surface area contributed by atoms with E-state index in [1.807, 2.05) is 19.1 Å². The zero-order valence-electron chi connectivity index (χ0n) is 16.5. The Balaban J connectivity index is 2.10. The van der Waals surface area contributed by atoms with Gasteiger partial charge >= 0.3 is 11.8 Å². The fourth-order valence-electron chi connectivity index (χ4n) is 3.47. The minimum Gasteiger partial charge on any atom is -0.372 e. The summed E-state index contributed by atoms with van der Waals surface area (Å²) in [7, 11) is -3.12. The Labute approximate surface area is 161 Å². The van der Waals surface area contributed by atoms with E-state index in [0.717, 1.165) is 24.3 Å². The summed E-state index contributed by atoms with van der Waals surface area (Å²) in [6, 6.07) is 5.27. The molecule has 0 saturated carbocycles. The lowest BCUT2D eigenvalue weighted by Crippen LogP contribution is -2.46. The van der Waals surface area contributed by atoms with E-state index >= 15 is 0 Å². The molecule has 1 heterocycles. The van der Waals surface area contributed by atoms with E-state index in [-0.39, 0.29) is 11.5 Å². The molecule has 1 saturated heterocycles. The molecule has 0 aliphatic carbocycles. The molecule has 0 spiro atoms. The van der Waals surface area contributed by atoms with Crippen LogP contribution in [-0.4, -0.2) is 62.3 Å². The maximum absolute atomic E-state index is 12.6. The number of anilines is 2. The van der Waals surface area contributed by atoms with Crippen LogP contribution in [0.4, 0.5) is 11.4 Å². The molecule has 1 aliphatic rings. The second-order valence-electron chi connectivity index (χ2n) is 6.77. The van der Waals surface area contributed by atoms with Crippen LogP contribution in [0.25, 0.3) is 0 Å². The molecule has 7 nitrogen and oxygen atoms in total. The van der Waals surface area contributed by atoms with Gasteiger partial charge in [-0.05, 0) is 57.9 Å². The first-order valence-electron chi connectivity index (χ1n) is 9.40. The van der Waals surface area contributed by atoms with E-state index in [2.05, 4.69) is 24.1 Å². The molecule has 0 radical (unpaired) electrons. The Morgan fingerprint density at radius 1 is 1.15 bits per heavy atom. The fourth-order valence-corrected chi connectivity index (χ4v) is 5.20. The average molecular weight is 396 g/mol. The Hall–Kier alpha value is -2.09. The van der Waals surface area contributed by atoms with Crippen LogP contribution in [0.3, 0.4) is 0 Å². The molecular formula is C19H29N3O4S. The maximum Gasteiger partial charge on any atom is 0.313 e. The van der Waals surface area contributed by atoms with E-state index in [1.54, 1.807) is 13.0 Å². The van der Waals surface area contributed by atoms with Crippen LogP contribution in [-0.2, 0) is 19.4 Å². The number of amides is 2. The summed E-state index contributed by atoms with van der Waals surface area (Å²) in [6.07, 6.45) is 0.382. The number of hydrogen-bond acceptors (Lipinski definition) is 5. The van der Waals surface area contributed by atoms with Gasteiger partial charge in [0.05, 0.1) is 11.5 Å². The number of nitrogens with one attached hydrogen (secondary N) is 1. The first-order chi connectivity index (χ1) is 12.7. The van der Waals surface area contributed by atoms with Crippen molar-refractivity contribution in [1.29, 1.82) is 0 Å². The third kappa shape index (κ3) is 5.00. The van der Waals surface area contributed by atoms with Gasteiger partial charge in [-0.2, -0.15) is 0 Å². The molecule has 1 unspecified atom stereocenters. The predicted molar refractivity (Wildman–Crippen MR) is 108 cm³/mol. The van der Waals surface area contributed by atoms with Gasteiger partial charge in [0, 0.05) is 37.1 Å². The Bertz CT molecular complexity index is 803. The number of hydrogen-bond donors (Lipinski definition) is 1. The Morgan fingerprint density at radius 2 is 1.81 bits per heavy atom. The van der Waals surface area contributed by atoms with E-state index < -0.39 is 27.7 Å². The van der Waals surface area contributed by atoms with Crippen LogP contribution in [0.5, 0.6) is 0 Å². The molecule has 8 heteroatoms. The SMILES string of the molecule is CCN(CC)c1ccc(NC(=O)C(=O)N(CC)C2CCS(=O)(=O)C2)c(C)c1. The topological polar surface area (TPSA) is 86.8 Å². The molecule has 2 rings (SSSR count). The number of carbonyl (C=O) groups is 2. The van der Waals surface area contributed by atoms with Crippen molar-refractivity contribution in [1.82, 2.24) is 4.90 Å². The molecule has 1 aromatic carbocycles. The van der Waals surface area contributed by atoms with Crippen LogP contribution in [0, 0.1) is 6.92 Å². The van der Waals surface area contributed by atoms with Crippen molar-refractivity contribution in [2.24, 2.45) is 0 Å². The van der Waals surface area contributed by atoms with Crippen molar-refractivity contribution >= 4 is 33.0 Å². The summed E-state index contributed by atoms with van der Waals surface area (Å²) in [5.74, 6) is -1.43. The number of carbonyl (C=O) groups excluding carboxylic acids is 2. The summed E-state index contributed by atoms with van der Waals surface area (Å²) in [5.41, 5.74) is 2.51. The van der Waals surface area contributed by atoms with Crippen molar-refractivity contribution < 1.29 is 18.0 Å². The van der Waals surface area contributed by atoms with Crippen molar-refractivity contribution in [3.8, 4) is 0 Å². The third-order valence-corrected chi connectivity index (χ3v) is 6.78. The van der Waals surface area contributed by atoms with E-state index in [9.17, 15) is 18.0 Å². The van der Waals surface area contributed by atoms with Crippen LogP contribution in [0.1, 0.15) is 32.8 Å². The summed E-state index contributed by atoms with van der Waals surface area (Å²) in [4.78, 5) is 28.6. The average Bonchev–Trinajstić information content (AvgIpc) is 2.98. The fraction of sp³-hybridized carbons (Fsp3) is 0.579. The largest absolute Gasteiger partial charge is 0.372 e. The lowest BCUT2D eigenvalue weighted by molar-refractivity contribution is -0.144. The van der Waals surface area contributed by atoms with Crippen LogP contribution >= 0.6 is 0 Å². The second-order valence-corrected chi connectivity index (χ2v) is 9.00. The quantitative estimate of drug-likeness (QED) is 0.743. The second kappa shape index (κ2) is 8.73. The van der Waals surface area contributed by atoms with Crippen molar-refractivity contribution in [2.75, 3.05) is 41.4 Å². The molecular weight excluding hydrogens is 366 g/mol. The molecule has 1 fully saturated rings. The summed E-state index contributed by atoms with van der Waals surface area (Å²) >= 11 is 0. The molecule has 0 aromatic heterocycles. The van der Waals surface area contributed by atoms with Gasteiger partial charge in [-0.1, -0.05) is 0 Å². The molecule has 1 aromatic rings. The predicted octanol–water partition coefficient (Wildman–Crippen LogP) is 1.82. The number of nitrogens with zero attached hydrogens (tertiary/aromatic N) is 2. The van der Waals surface area contributed by atoms with Crippen LogP contribution in [0.15, 0.2) is 18.2 Å². The van der Waals surface area contributed by atoms with Gasteiger partial charge in [0.15, 0.2) is 9.84 Å². The van der Waals surface area contributed by atoms with Gasteiger partial charge in [-0.3, -0.25) is 9.59 Å². The zero-order valence-corrected chi connectivity index (χ0v) is 17.3. The van der Waals surface area contributed by atoms with E-state index in [4.69, 9.17) is 0 Å². The monoisotopic (exact) mass is 395 g/mol. The minimum absolute atomic E-state index is 0.0645. The van der Waals surface area contributed by atoms with Gasteiger partial charge in [0.2, 0.25) is 0 Å². The number of benzene rings is 1. The standard InChI is InChI=1S/C19H29N3O4S/c1-5-21(6-2)15-8-9-17(14(4)12-15)20-18(23)19(24)22(7-3)16-10-11-27(25,26)13-16/h8-9,12,16H,5-7,10-11,13H2,1-4H3,(H,20,23). The number of aryl methyl sites for hydroxylation is 1. The molecule has 1 N–H and O–H groups in total. The first-order valence-corrected chi connectivity index (χ1v) is 11.2. The molecule has 150 valence electrons. The van der Waals surface area contributed by atoms with Gasteiger partial charge < -0.3 is 15.1 Å². The highest BCUT2D eigenvalue weighted by molar-refractivity contribution is 7.91. The van der Waals surface area contributed by atoms with Crippen molar-refractivity contribution in [2.45, 2.75) is 40.2 Å². The van der Waals surface area contributed by atoms with E-state index in [0.29, 0.717) is 18.7 Å². The minimum atomic E-state index is -3.12. The van der Waals surface area contributed by atoms with Gasteiger partial charge in [-0.15, -0.1) is 0 Å². The van der Waals surface area contributed by atoms with Gasteiger partial charge in [0.25, 0.3) is 0 Å². The highest BCUT2D eigenvalue weighted by Crippen LogP contribution is 2.23. The smallest absolute Gasteiger partial charge is 0.313 e. The highest BCUT2D eigenvalue weighted by Gasteiger charge is 2.36. The molecule has 2 amide bonds. The zero-order chi connectivity index (χ0) is 20.2. The summed E-state index contributed by atoms with van der Waals surface area (Å²) < 4.78 is 23.4. The Kier molecular flexibility index (Phi) is 6.86. The summed E-state index contributed by atoms with van der Waals surface area (Å²) in [6.45, 7) is 9.86. The van der Waals surface area contributed by atoms with E-state index in [1.165, 1.54) is 4.90 Å². The lowest BCUT2D eigenvalue weighted by atomic mass is 10.1. The van der Waals surface area contributed by atoms with Gasteiger partial charge in [0.1, 0.15) is 0 Å².